The summed E-state index contributed by atoms with van der Waals surface area (Å²) in [4.78, 5) is 33.1. The summed E-state index contributed by atoms with van der Waals surface area (Å²) >= 11 is 0. The van der Waals surface area contributed by atoms with E-state index in [1.807, 2.05) is 68.7 Å². The van der Waals surface area contributed by atoms with Crippen LogP contribution in [0, 0.1) is 0 Å². The van der Waals surface area contributed by atoms with Crippen LogP contribution in [0.1, 0.15) is 27.0 Å². The molecule has 1 aromatic heterocycles. The zero-order chi connectivity index (χ0) is 24.9. The maximum absolute atomic E-state index is 12.2. The minimum absolute atomic E-state index is 0.0746. The molecule has 0 atom stereocenters. The number of aromatic nitrogens is 1. The second-order valence-electron chi connectivity index (χ2n) is 8.38. The van der Waals surface area contributed by atoms with Gasteiger partial charge < -0.3 is 25.5 Å². The summed E-state index contributed by atoms with van der Waals surface area (Å²) in [7, 11) is 4.03. The molecule has 8 heteroatoms. The monoisotopic (exact) mass is 470 g/mol. The van der Waals surface area contributed by atoms with Crippen LogP contribution in [0.4, 0.5) is 5.69 Å². The lowest BCUT2D eigenvalue weighted by Crippen LogP contribution is -2.20. The summed E-state index contributed by atoms with van der Waals surface area (Å²) in [5.41, 5.74) is 9.62. The number of aliphatic imine (C=N–C) groups is 1. The Hall–Kier alpha value is -4.43. The van der Waals surface area contributed by atoms with E-state index in [9.17, 15) is 14.7 Å². The molecule has 0 aliphatic heterocycles. The number of H-pyrrole nitrogens is 1. The van der Waals surface area contributed by atoms with Crippen LogP contribution in [-0.4, -0.2) is 53.3 Å². The number of amides is 1. The first-order valence-corrected chi connectivity index (χ1v) is 11.0. The van der Waals surface area contributed by atoms with Gasteiger partial charge in [-0.05, 0) is 43.9 Å². The molecule has 4 aromatic rings. The largest absolute Gasteiger partial charge is 0.494 e. The van der Waals surface area contributed by atoms with Gasteiger partial charge in [-0.1, -0.05) is 48.5 Å². The summed E-state index contributed by atoms with van der Waals surface area (Å²) in [5.74, 6) is -1.50. The van der Waals surface area contributed by atoms with Gasteiger partial charge in [-0.2, -0.15) is 0 Å². The quantitative estimate of drug-likeness (QED) is 0.268. The average Bonchev–Trinajstić information content (AvgIpc) is 3.17. The van der Waals surface area contributed by atoms with Gasteiger partial charge in [-0.15, -0.1) is 0 Å². The molecule has 4 N–H and O–H groups in total. The normalized spacial score (nSPS) is 11.7. The molecule has 0 saturated carbocycles. The lowest BCUT2D eigenvalue weighted by molar-refractivity contribution is -0.121. The molecule has 0 saturated heterocycles. The molecule has 0 spiro atoms. The number of fused-ring (bicyclic) bond motifs is 1. The van der Waals surface area contributed by atoms with Crippen molar-refractivity contribution in [1.82, 2.24) is 9.88 Å². The Bertz CT molecular complexity index is 1390. The second kappa shape index (κ2) is 10.2. The van der Waals surface area contributed by atoms with Crippen LogP contribution in [0.15, 0.2) is 77.8 Å². The predicted octanol–water partition coefficient (Wildman–Crippen LogP) is 3.75. The summed E-state index contributed by atoms with van der Waals surface area (Å²) in [6.45, 7) is 0.319. The zero-order valence-corrected chi connectivity index (χ0v) is 19.5. The fraction of sp³-hybridized carbons (Fsp3) is 0.148. The van der Waals surface area contributed by atoms with Gasteiger partial charge in [-0.25, -0.2) is 9.79 Å². The SMILES string of the molecule is CN(C)Cc1ccc(N=C(c2ccccc2)c2c(O)[nH]c3cc(C(=O)OCC(N)=O)ccc23)cc1. The molecule has 0 aliphatic rings. The highest BCUT2D eigenvalue weighted by Gasteiger charge is 2.20. The highest BCUT2D eigenvalue weighted by molar-refractivity contribution is 6.22. The number of carbonyl (C=O) groups is 2. The first-order chi connectivity index (χ1) is 16.8. The summed E-state index contributed by atoms with van der Waals surface area (Å²) in [5, 5.41) is 11.6. The van der Waals surface area contributed by atoms with Crippen molar-refractivity contribution in [1.29, 1.82) is 0 Å². The Kier molecular flexibility index (Phi) is 6.93. The van der Waals surface area contributed by atoms with Crippen LogP contribution in [0.3, 0.4) is 0 Å². The van der Waals surface area contributed by atoms with Crippen LogP contribution in [0.5, 0.6) is 5.88 Å². The van der Waals surface area contributed by atoms with Crippen molar-refractivity contribution in [2.75, 3.05) is 20.7 Å². The van der Waals surface area contributed by atoms with Crippen molar-refractivity contribution in [3.05, 3.63) is 95.1 Å². The molecular formula is C27H26N4O4. The van der Waals surface area contributed by atoms with Gasteiger partial charge >= 0.3 is 5.97 Å². The van der Waals surface area contributed by atoms with Gasteiger partial charge in [0.15, 0.2) is 12.5 Å². The Morgan fingerprint density at radius 1 is 1.00 bits per heavy atom. The molecule has 0 radical (unpaired) electrons. The first kappa shape index (κ1) is 23.7. The van der Waals surface area contributed by atoms with Crippen molar-refractivity contribution < 1.29 is 19.4 Å². The lowest BCUT2D eigenvalue weighted by Gasteiger charge is -2.10. The molecular weight excluding hydrogens is 444 g/mol. The molecule has 178 valence electrons. The Morgan fingerprint density at radius 3 is 2.37 bits per heavy atom. The second-order valence-corrected chi connectivity index (χ2v) is 8.38. The lowest BCUT2D eigenvalue weighted by atomic mass is 10.00. The predicted molar refractivity (Wildman–Crippen MR) is 135 cm³/mol. The fourth-order valence-corrected chi connectivity index (χ4v) is 3.80. The van der Waals surface area contributed by atoms with Crippen LogP contribution in [-0.2, 0) is 16.1 Å². The van der Waals surface area contributed by atoms with E-state index in [1.54, 1.807) is 18.2 Å². The summed E-state index contributed by atoms with van der Waals surface area (Å²) in [6, 6.07) is 22.4. The van der Waals surface area contributed by atoms with Gasteiger partial charge in [0.2, 0.25) is 0 Å². The number of nitrogens with two attached hydrogens (primary N) is 1. The molecule has 0 unspecified atom stereocenters. The van der Waals surface area contributed by atoms with Crippen molar-refractivity contribution in [3.8, 4) is 5.88 Å². The van der Waals surface area contributed by atoms with Crippen LogP contribution < -0.4 is 5.73 Å². The molecule has 3 aromatic carbocycles. The molecule has 1 amide bonds. The van der Waals surface area contributed by atoms with Gasteiger partial charge in [0, 0.05) is 23.0 Å². The number of esters is 1. The number of ether oxygens (including phenoxy) is 1. The van der Waals surface area contributed by atoms with E-state index in [0.29, 0.717) is 22.2 Å². The molecule has 8 nitrogen and oxygen atoms in total. The first-order valence-electron chi connectivity index (χ1n) is 11.0. The van der Waals surface area contributed by atoms with Crippen molar-refractivity contribution in [2.24, 2.45) is 10.7 Å². The van der Waals surface area contributed by atoms with Gasteiger partial charge in [0.25, 0.3) is 5.91 Å². The van der Waals surface area contributed by atoms with E-state index in [0.717, 1.165) is 17.8 Å². The Labute approximate surface area is 202 Å². The molecule has 0 bridgehead atoms. The minimum atomic E-state index is -0.738. The van der Waals surface area contributed by atoms with Gasteiger partial charge in [0.1, 0.15) is 0 Å². The molecule has 0 fully saturated rings. The van der Waals surface area contributed by atoms with E-state index in [1.165, 1.54) is 5.56 Å². The van der Waals surface area contributed by atoms with E-state index < -0.39 is 18.5 Å². The number of rotatable bonds is 8. The maximum atomic E-state index is 12.2. The molecule has 4 rings (SSSR count). The molecule has 35 heavy (non-hydrogen) atoms. The number of hydrogen-bond donors (Lipinski definition) is 3. The maximum Gasteiger partial charge on any atom is 0.338 e. The summed E-state index contributed by atoms with van der Waals surface area (Å²) < 4.78 is 4.89. The third kappa shape index (κ3) is 5.56. The number of nitrogens with zero attached hydrogens (tertiary/aromatic N) is 2. The number of nitrogens with one attached hydrogen (secondary N) is 1. The van der Waals surface area contributed by atoms with Crippen LogP contribution in [0.2, 0.25) is 0 Å². The third-order valence-electron chi connectivity index (χ3n) is 5.32. The average molecular weight is 471 g/mol. The highest BCUT2D eigenvalue weighted by atomic mass is 16.5. The summed E-state index contributed by atoms with van der Waals surface area (Å²) in [6.07, 6.45) is 0. The van der Waals surface area contributed by atoms with E-state index in [-0.39, 0.29) is 11.4 Å². The number of carbonyl (C=O) groups excluding carboxylic acids is 2. The highest BCUT2D eigenvalue weighted by Crippen LogP contribution is 2.32. The minimum Gasteiger partial charge on any atom is -0.494 e. The van der Waals surface area contributed by atoms with E-state index in [2.05, 4.69) is 9.88 Å². The van der Waals surface area contributed by atoms with Crippen molar-refractivity contribution in [3.63, 3.8) is 0 Å². The molecule has 1 heterocycles. The van der Waals surface area contributed by atoms with E-state index in [4.69, 9.17) is 15.5 Å². The number of primary amides is 1. The topological polar surface area (TPSA) is 121 Å². The van der Waals surface area contributed by atoms with Gasteiger partial charge in [-0.3, -0.25) is 4.79 Å². The van der Waals surface area contributed by atoms with Crippen LogP contribution in [0.25, 0.3) is 10.9 Å². The smallest absolute Gasteiger partial charge is 0.338 e. The standard InChI is InChI=1S/C27H26N4O4/c1-31(2)15-17-8-11-20(12-9-17)29-25(18-6-4-3-5-7-18)24-21-13-10-19(14-22(21)30-26(24)33)27(34)35-16-23(28)32/h3-14,30,33H,15-16H2,1-2H3,(H2,28,32). The fourth-order valence-electron chi connectivity index (χ4n) is 3.80. The van der Waals surface area contributed by atoms with Crippen molar-refractivity contribution in [2.45, 2.75) is 6.54 Å². The Morgan fingerprint density at radius 2 is 1.71 bits per heavy atom. The number of hydrogen-bond acceptors (Lipinski definition) is 6. The number of aromatic amines is 1. The third-order valence-corrected chi connectivity index (χ3v) is 5.32. The van der Waals surface area contributed by atoms with Crippen molar-refractivity contribution >= 4 is 34.2 Å². The zero-order valence-electron chi connectivity index (χ0n) is 19.5. The number of aromatic hydroxyl groups is 1. The number of benzene rings is 3. The van der Waals surface area contributed by atoms with E-state index >= 15 is 0 Å². The Balaban J connectivity index is 1.77. The van der Waals surface area contributed by atoms with Gasteiger partial charge in [0.05, 0.1) is 22.5 Å². The molecule has 0 aliphatic carbocycles. The van der Waals surface area contributed by atoms with Crippen LogP contribution >= 0.6 is 0 Å².